The first-order valence-corrected chi connectivity index (χ1v) is 44.4. The Morgan fingerprint density at radius 3 is 1.05 bits per heavy atom. The minimum absolute atomic E-state index is 0.00215. The van der Waals surface area contributed by atoms with E-state index in [0.29, 0.717) is 150 Å². The van der Waals surface area contributed by atoms with Crippen molar-refractivity contribution in [2.75, 3.05) is 0 Å². The lowest BCUT2D eigenvalue weighted by Gasteiger charge is -2.59. The van der Waals surface area contributed by atoms with Crippen molar-refractivity contribution in [3.8, 4) is 0 Å². The van der Waals surface area contributed by atoms with Crippen LogP contribution in [0.5, 0.6) is 0 Å². The zero-order chi connectivity index (χ0) is 75.5. The van der Waals surface area contributed by atoms with Crippen LogP contribution in [-0.2, 0) is 57.3 Å². The van der Waals surface area contributed by atoms with Crippen LogP contribution in [0, 0.1) is 160 Å². The SMILES string of the molecule is C[C@]12C=CC(=O)C=C1C1(CC1)CC1C2C=C[C@@]2(C)C1CC[C@@]21CCC(=O)O1.C[C@]12C=CC(=O)C=C1C1(CC1)CC1C2C=C[C@@]2(C)C1[C@@H]1CC1[C@@]21CCC(=O)O1.C[C@]12CCC(=O)C=C1C1(CC1)CC1C2C=C[C@@]2(C)C1CC[C@@]21CCC(=O)O1.C[C@]12CCC(=O)C=C1C1(CC1)CC1C2C=C[C@@]2(C)C1[C@@H]1CC1[C@@]21CCC(=O)O1. The normalized spacial score (nSPS) is 53.9. The van der Waals surface area contributed by atoms with Crippen LogP contribution < -0.4 is 0 Å². The molecule has 14 saturated carbocycles. The summed E-state index contributed by atoms with van der Waals surface area (Å²) in [6, 6.07) is 0. The summed E-state index contributed by atoms with van der Waals surface area (Å²) in [4.78, 5) is 97.2. The van der Waals surface area contributed by atoms with E-state index in [1.54, 1.807) is 12.2 Å². The van der Waals surface area contributed by atoms with E-state index < -0.39 is 0 Å². The molecule has 14 unspecified atom stereocenters. The quantitative estimate of drug-likeness (QED) is 0.128. The Balaban J connectivity index is 0.0000000880. The van der Waals surface area contributed by atoms with E-state index in [9.17, 15) is 38.4 Å². The maximum Gasteiger partial charge on any atom is 0.306 e. The van der Waals surface area contributed by atoms with E-state index in [-0.39, 0.29) is 112 Å². The van der Waals surface area contributed by atoms with Crippen molar-refractivity contribution in [3.63, 3.8) is 0 Å². The van der Waals surface area contributed by atoms with Crippen LogP contribution >= 0.6 is 0 Å². The van der Waals surface area contributed by atoms with Crippen LogP contribution in [0.4, 0.5) is 0 Å². The maximum atomic E-state index is 12.3. The van der Waals surface area contributed by atoms with Crippen LogP contribution in [0.15, 0.2) is 120 Å². The number of allylic oxidation sites excluding steroid dienone is 16. The van der Waals surface area contributed by atoms with Crippen LogP contribution in [0.3, 0.4) is 0 Å². The van der Waals surface area contributed by atoms with Crippen LogP contribution in [0.2, 0.25) is 0 Å². The van der Waals surface area contributed by atoms with Gasteiger partial charge in [0.25, 0.3) is 0 Å². The second kappa shape index (κ2) is 21.3. The molecule has 26 aliphatic rings. The van der Waals surface area contributed by atoms with E-state index in [4.69, 9.17) is 18.9 Å². The molecule has 0 N–H and O–H groups in total. The molecule has 26 rings (SSSR count). The topological polar surface area (TPSA) is 173 Å². The lowest BCUT2D eigenvalue weighted by atomic mass is 9.45. The number of ketones is 4. The highest BCUT2D eigenvalue weighted by Crippen LogP contribution is 2.84. The molecule has 0 aromatic heterocycles. The number of carbonyl (C=O) groups excluding carboxylic acids is 8. The summed E-state index contributed by atoms with van der Waals surface area (Å²) in [5, 5.41) is 0. The van der Waals surface area contributed by atoms with Gasteiger partial charge in [-0.1, -0.05) is 127 Å². The van der Waals surface area contributed by atoms with Gasteiger partial charge in [0.15, 0.2) is 23.1 Å². The molecule has 110 heavy (non-hydrogen) atoms. The van der Waals surface area contributed by atoms with E-state index >= 15 is 0 Å². The summed E-state index contributed by atoms with van der Waals surface area (Å²) in [7, 11) is 0. The molecule has 12 heteroatoms. The molecule has 22 aliphatic carbocycles. The Morgan fingerprint density at radius 2 is 0.655 bits per heavy atom. The van der Waals surface area contributed by atoms with E-state index in [1.165, 1.54) is 119 Å². The zero-order valence-electron chi connectivity index (χ0n) is 66.6. The van der Waals surface area contributed by atoms with Gasteiger partial charge < -0.3 is 18.9 Å². The molecule has 0 aromatic carbocycles. The van der Waals surface area contributed by atoms with E-state index in [0.717, 1.165) is 63.7 Å². The fourth-order valence-electron chi connectivity index (χ4n) is 34.5. The van der Waals surface area contributed by atoms with Gasteiger partial charge in [-0.2, -0.15) is 0 Å². The third-order valence-corrected chi connectivity index (χ3v) is 40.3. The number of hydrogen-bond acceptors (Lipinski definition) is 12. The Kier molecular flexibility index (Phi) is 13.5. The third kappa shape index (κ3) is 8.49. The second-order valence-electron chi connectivity index (χ2n) is 44.3. The molecule has 0 aromatic rings. The van der Waals surface area contributed by atoms with Gasteiger partial charge in [-0.3, -0.25) is 38.4 Å². The zero-order valence-corrected chi connectivity index (χ0v) is 66.6. The molecular formula is C98H116O12. The highest BCUT2D eigenvalue weighted by atomic mass is 16.6. The minimum Gasteiger partial charge on any atom is -0.458 e. The number of fused-ring (bicyclic) bond motifs is 34. The smallest absolute Gasteiger partial charge is 0.306 e. The average molecular weight is 1490 g/mol. The van der Waals surface area contributed by atoms with Crippen molar-refractivity contribution < 1.29 is 57.3 Å². The number of ether oxygens (including phenoxy) is 4. The molecule has 4 heterocycles. The molecular weight excluding hydrogens is 1370 g/mol. The van der Waals surface area contributed by atoms with E-state index in [1.807, 2.05) is 18.2 Å². The maximum absolute atomic E-state index is 12.3. The number of hydrogen-bond donors (Lipinski definition) is 0. The molecule has 8 spiro atoms. The van der Waals surface area contributed by atoms with Crippen molar-refractivity contribution in [1.29, 1.82) is 0 Å². The molecule has 4 saturated heterocycles. The Morgan fingerprint density at radius 1 is 0.309 bits per heavy atom. The van der Waals surface area contributed by atoms with Crippen LogP contribution in [0.1, 0.15) is 248 Å². The Bertz CT molecular complexity index is 4610. The molecule has 12 nitrogen and oxygen atoms in total. The first kappa shape index (κ1) is 69.5. The Hall–Kier alpha value is -6.04. The van der Waals surface area contributed by atoms with Crippen molar-refractivity contribution in [2.45, 2.75) is 270 Å². The van der Waals surface area contributed by atoms with Crippen molar-refractivity contribution in [3.05, 3.63) is 120 Å². The van der Waals surface area contributed by atoms with Crippen molar-refractivity contribution >= 4 is 47.0 Å². The summed E-state index contributed by atoms with van der Waals surface area (Å²) < 4.78 is 24.4. The largest absolute Gasteiger partial charge is 0.458 e. The molecule has 4 aliphatic heterocycles. The third-order valence-electron chi connectivity index (χ3n) is 40.3. The predicted molar refractivity (Wildman–Crippen MR) is 411 cm³/mol. The van der Waals surface area contributed by atoms with Crippen molar-refractivity contribution in [1.82, 2.24) is 0 Å². The van der Waals surface area contributed by atoms with Gasteiger partial charge in [0, 0.05) is 82.9 Å². The van der Waals surface area contributed by atoms with Gasteiger partial charge in [-0.15, -0.1) is 0 Å². The summed E-state index contributed by atoms with van der Waals surface area (Å²) in [5.74, 6) is 10.7. The molecule has 0 bridgehead atoms. The summed E-state index contributed by atoms with van der Waals surface area (Å²) in [6.45, 7) is 19.1. The lowest BCUT2D eigenvalue weighted by Crippen LogP contribution is -2.56. The average Bonchev–Trinajstić information content (AvgIpc) is 1.48. The predicted octanol–water partition coefficient (Wildman–Crippen LogP) is 18.3. The fourth-order valence-corrected chi connectivity index (χ4v) is 34.5. The monoisotopic (exact) mass is 1480 g/mol. The summed E-state index contributed by atoms with van der Waals surface area (Å²) >= 11 is 0. The molecule has 0 radical (unpaired) electrons. The summed E-state index contributed by atoms with van der Waals surface area (Å²) in [5.41, 5.74) is 6.09. The minimum atomic E-state index is -0.275. The first-order valence-electron chi connectivity index (χ1n) is 44.4. The van der Waals surface area contributed by atoms with Crippen LogP contribution in [0.25, 0.3) is 0 Å². The number of rotatable bonds is 0. The van der Waals surface area contributed by atoms with Gasteiger partial charge in [-0.05, 0) is 317 Å². The second-order valence-corrected chi connectivity index (χ2v) is 44.3. The standard InChI is InChI=1S/C25H30O3.C25H28O3.C24H30O3.C24H28O3/c2*1-22-6-3-14(26)11-19(22)24(9-10-24)13-16-17(22)4-7-23(2)21(16)15-12-18(15)25(23)8-5-20(27)28-25;2*1-21-7-3-15(25)13-19(21)23(11-12-23)14-16-17(21)4-8-22(2)18(16)5-9-24(22)10-6-20(26)27-24/h4,7,11,15-18,21H,3,5-6,8-10,12-13H2,1-2H3;3-4,6-7,11,15-18,21H,5,8-10,12-13H2,1-2H3;4,8,13,16-18H,3,5-7,9-12,14H2,1-2H3;3-4,7-8,13,16-18H,5-6,9-12,14H2,1-2H3/t2*15-,16?,17?,18?,21?,22-,23+,25+;2*16?,17?,18?,21-,22+,24-/m1111/s1. The molecule has 580 valence electrons. The molecule has 28 atom stereocenters. The first-order chi connectivity index (χ1) is 52.3. The van der Waals surface area contributed by atoms with Crippen molar-refractivity contribution in [2.24, 2.45) is 160 Å². The van der Waals surface area contributed by atoms with Gasteiger partial charge in [0.1, 0.15) is 22.4 Å². The molecule has 0 amide bonds. The lowest BCUT2D eigenvalue weighted by molar-refractivity contribution is -0.163. The number of esters is 4. The Labute approximate surface area is 650 Å². The summed E-state index contributed by atoms with van der Waals surface area (Å²) in [6.07, 6.45) is 66.9. The number of carbonyl (C=O) groups is 8. The highest BCUT2D eigenvalue weighted by Gasteiger charge is 2.82. The van der Waals surface area contributed by atoms with Gasteiger partial charge in [-0.25, -0.2) is 0 Å². The molecule has 18 fully saturated rings. The van der Waals surface area contributed by atoms with Gasteiger partial charge in [0.2, 0.25) is 0 Å². The van der Waals surface area contributed by atoms with E-state index in [2.05, 4.69) is 122 Å². The van der Waals surface area contributed by atoms with Gasteiger partial charge >= 0.3 is 23.9 Å². The van der Waals surface area contributed by atoms with Crippen LogP contribution in [-0.4, -0.2) is 69.4 Å². The van der Waals surface area contributed by atoms with Gasteiger partial charge in [0.05, 0.1) is 0 Å². The highest BCUT2D eigenvalue weighted by molar-refractivity contribution is 6.02. The fraction of sp³-hybridized carbons (Fsp3) is 0.714.